The molecular formula is C20H22N4OS. The van der Waals surface area contributed by atoms with Crippen molar-refractivity contribution in [1.29, 1.82) is 0 Å². The minimum Gasteiger partial charge on any atom is -0.465 e. The van der Waals surface area contributed by atoms with Gasteiger partial charge in [-0.2, -0.15) is 14.9 Å². The second kappa shape index (κ2) is 7.25. The largest absolute Gasteiger partial charge is 0.465 e. The molecule has 0 fully saturated rings. The SMILES string of the molecule is CC(/C=N\n1c(-c2ccc(C(C)(C)C)cc2)n[nH]c1=S)=C/c1ccco1. The predicted molar refractivity (Wildman–Crippen MR) is 108 cm³/mol. The summed E-state index contributed by atoms with van der Waals surface area (Å²) in [5.74, 6) is 1.46. The van der Waals surface area contributed by atoms with Gasteiger partial charge in [0.25, 0.3) is 0 Å². The number of furan rings is 1. The number of H-pyrrole nitrogens is 1. The average Bonchev–Trinajstić information content (AvgIpc) is 3.22. The molecule has 5 nitrogen and oxygen atoms in total. The van der Waals surface area contributed by atoms with E-state index in [0.717, 1.165) is 16.9 Å². The maximum atomic E-state index is 5.32. The Kier molecular flexibility index (Phi) is 5.04. The lowest BCUT2D eigenvalue weighted by Gasteiger charge is -2.18. The van der Waals surface area contributed by atoms with Crippen LogP contribution in [0.5, 0.6) is 0 Å². The molecule has 26 heavy (non-hydrogen) atoms. The van der Waals surface area contributed by atoms with Gasteiger partial charge < -0.3 is 4.42 Å². The van der Waals surface area contributed by atoms with Crippen LogP contribution >= 0.6 is 12.2 Å². The fourth-order valence-corrected chi connectivity index (χ4v) is 2.67. The molecule has 1 aromatic carbocycles. The minimum absolute atomic E-state index is 0.106. The van der Waals surface area contributed by atoms with Crippen molar-refractivity contribution in [2.75, 3.05) is 0 Å². The van der Waals surface area contributed by atoms with E-state index < -0.39 is 0 Å². The third-order valence-corrected chi connectivity index (χ3v) is 4.21. The summed E-state index contributed by atoms with van der Waals surface area (Å²) in [4.78, 5) is 0. The Morgan fingerprint density at radius 3 is 2.58 bits per heavy atom. The minimum atomic E-state index is 0.106. The summed E-state index contributed by atoms with van der Waals surface area (Å²) in [5.41, 5.74) is 3.27. The molecule has 0 bridgehead atoms. The molecule has 1 N–H and O–H groups in total. The van der Waals surface area contributed by atoms with Crippen LogP contribution in [0.4, 0.5) is 0 Å². The summed E-state index contributed by atoms with van der Waals surface area (Å²) >= 11 is 5.32. The summed E-state index contributed by atoms with van der Waals surface area (Å²) < 4.78 is 7.38. The highest BCUT2D eigenvalue weighted by molar-refractivity contribution is 7.71. The number of rotatable bonds is 4. The van der Waals surface area contributed by atoms with Gasteiger partial charge in [-0.15, -0.1) is 0 Å². The molecule has 0 radical (unpaired) electrons. The van der Waals surface area contributed by atoms with E-state index in [1.807, 2.05) is 37.3 Å². The molecule has 0 saturated carbocycles. The molecule has 0 spiro atoms. The predicted octanol–water partition coefficient (Wildman–Crippen LogP) is 5.44. The number of nitrogens with one attached hydrogen (secondary N) is 1. The maximum Gasteiger partial charge on any atom is 0.216 e. The lowest BCUT2D eigenvalue weighted by molar-refractivity contribution is 0.557. The van der Waals surface area contributed by atoms with Crippen molar-refractivity contribution in [1.82, 2.24) is 14.9 Å². The molecule has 0 aliphatic rings. The van der Waals surface area contributed by atoms with Crippen molar-refractivity contribution in [3.8, 4) is 11.4 Å². The highest BCUT2D eigenvalue weighted by Crippen LogP contribution is 2.25. The van der Waals surface area contributed by atoms with Gasteiger partial charge in [-0.3, -0.25) is 0 Å². The zero-order chi connectivity index (χ0) is 18.7. The Morgan fingerprint density at radius 2 is 1.96 bits per heavy atom. The summed E-state index contributed by atoms with van der Waals surface area (Å²) in [6, 6.07) is 12.1. The quantitative estimate of drug-likeness (QED) is 0.494. The zero-order valence-corrected chi connectivity index (χ0v) is 16.2. The third-order valence-electron chi connectivity index (χ3n) is 3.95. The smallest absolute Gasteiger partial charge is 0.216 e. The molecule has 0 amide bonds. The monoisotopic (exact) mass is 366 g/mol. The summed E-state index contributed by atoms with van der Waals surface area (Å²) in [6.45, 7) is 8.52. The van der Waals surface area contributed by atoms with Gasteiger partial charge in [-0.05, 0) is 53.9 Å². The highest BCUT2D eigenvalue weighted by Gasteiger charge is 2.14. The van der Waals surface area contributed by atoms with Crippen LogP contribution in [0.1, 0.15) is 39.0 Å². The Bertz CT molecular complexity index is 984. The first-order valence-electron chi connectivity index (χ1n) is 8.39. The van der Waals surface area contributed by atoms with Crippen LogP contribution in [-0.2, 0) is 5.41 Å². The van der Waals surface area contributed by atoms with Gasteiger partial charge in [-0.1, -0.05) is 45.0 Å². The normalized spacial score (nSPS) is 12.8. The van der Waals surface area contributed by atoms with Gasteiger partial charge in [-0.25, -0.2) is 5.10 Å². The summed E-state index contributed by atoms with van der Waals surface area (Å²) in [7, 11) is 0. The first kappa shape index (κ1) is 18.1. The zero-order valence-electron chi connectivity index (χ0n) is 15.4. The van der Waals surface area contributed by atoms with E-state index in [1.165, 1.54) is 5.56 Å². The number of aromatic nitrogens is 3. The fraction of sp³-hybridized carbons (Fsp3) is 0.250. The first-order chi connectivity index (χ1) is 12.3. The van der Waals surface area contributed by atoms with E-state index in [1.54, 1.807) is 17.2 Å². The Balaban J connectivity index is 1.90. The number of nitrogens with zero attached hydrogens (tertiary/aromatic N) is 3. The second-order valence-electron chi connectivity index (χ2n) is 7.14. The van der Waals surface area contributed by atoms with E-state index in [9.17, 15) is 0 Å². The molecule has 0 unspecified atom stereocenters. The molecule has 0 atom stereocenters. The third kappa shape index (κ3) is 4.08. The highest BCUT2D eigenvalue weighted by atomic mass is 32.1. The topological polar surface area (TPSA) is 59.1 Å². The van der Waals surface area contributed by atoms with E-state index in [2.05, 4.69) is 48.2 Å². The van der Waals surface area contributed by atoms with Gasteiger partial charge in [0.2, 0.25) is 4.77 Å². The van der Waals surface area contributed by atoms with Crippen molar-refractivity contribution in [2.45, 2.75) is 33.1 Å². The van der Waals surface area contributed by atoms with E-state index in [4.69, 9.17) is 16.6 Å². The lowest BCUT2D eigenvalue weighted by Crippen LogP contribution is -2.10. The van der Waals surface area contributed by atoms with Gasteiger partial charge in [0.15, 0.2) is 5.82 Å². The molecule has 0 saturated heterocycles. The molecule has 134 valence electrons. The lowest BCUT2D eigenvalue weighted by atomic mass is 9.87. The number of allylic oxidation sites excluding steroid dienone is 1. The Hall–Kier alpha value is -2.73. The van der Waals surface area contributed by atoms with Crippen LogP contribution in [-0.4, -0.2) is 21.1 Å². The van der Waals surface area contributed by atoms with Gasteiger partial charge in [0, 0.05) is 5.56 Å². The summed E-state index contributed by atoms with van der Waals surface area (Å²) in [5, 5.41) is 11.6. The van der Waals surface area contributed by atoms with Gasteiger partial charge in [0.1, 0.15) is 5.76 Å². The van der Waals surface area contributed by atoms with Crippen molar-refractivity contribution >= 4 is 24.5 Å². The standard InChI is InChI=1S/C20H22N4OS/c1-14(12-17-6-5-11-25-17)13-21-24-18(22-23-19(24)26)15-7-9-16(10-8-15)20(2,3)4/h5-13H,1-4H3,(H,23,26)/b14-12-,21-13-. The van der Waals surface area contributed by atoms with E-state index in [0.29, 0.717) is 10.6 Å². The van der Waals surface area contributed by atoms with Gasteiger partial charge in [0.05, 0.1) is 12.5 Å². The Morgan fingerprint density at radius 1 is 1.23 bits per heavy atom. The van der Waals surface area contributed by atoms with Gasteiger partial charge >= 0.3 is 0 Å². The second-order valence-corrected chi connectivity index (χ2v) is 7.53. The van der Waals surface area contributed by atoms with Crippen LogP contribution in [0.2, 0.25) is 0 Å². The number of aromatic amines is 1. The molecular weight excluding hydrogens is 344 g/mol. The van der Waals surface area contributed by atoms with Crippen molar-refractivity contribution in [3.05, 3.63) is 64.3 Å². The first-order valence-corrected chi connectivity index (χ1v) is 8.80. The maximum absolute atomic E-state index is 5.32. The van der Waals surface area contributed by atoms with Crippen LogP contribution in [0, 0.1) is 4.77 Å². The number of hydrogen-bond acceptors (Lipinski definition) is 4. The Labute approximate surface area is 158 Å². The van der Waals surface area contributed by atoms with Crippen LogP contribution in [0.15, 0.2) is 57.8 Å². The van der Waals surface area contributed by atoms with Crippen molar-refractivity contribution in [3.63, 3.8) is 0 Å². The van der Waals surface area contributed by atoms with E-state index in [-0.39, 0.29) is 5.41 Å². The molecule has 3 aromatic rings. The average molecular weight is 366 g/mol. The molecule has 2 aromatic heterocycles. The number of benzene rings is 1. The van der Waals surface area contributed by atoms with Crippen molar-refractivity contribution < 1.29 is 4.42 Å². The molecule has 2 heterocycles. The van der Waals surface area contributed by atoms with Crippen LogP contribution in [0.3, 0.4) is 0 Å². The molecule has 3 rings (SSSR count). The summed E-state index contributed by atoms with van der Waals surface area (Å²) in [6.07, 6.45) is 5.29. The number of hydrogen-bond donors (Lipinski definition) is 1. The van der Waals surface area contributed by atoms with Crippen LogP contribution in [0.25, 0.3) is 17.5 Å². The molecule has 0 aliphatic carbocycles. The molecule has 6 heteroatoms. The van der Waals surface area contributed by atoms with Crippen LogP contribution < -0.4 is 0 Å². The van der Waals surface area contributed by atoms with Crippen molar-refractivity contribution in [2.24, 2.45) is 5.10 Å². The molecule has 0 aliphatic heterocycles. The fourth-order valence-electron chi connectivity index (χ4n) is 2.49. The van der Waals surface area contributed by atoms with E-state index >= 15 is 0 Å².